The number of aryl methyl sites for hydroxylation is 2. The van der Waals surface area contributed by atoms with Crippen molar-refractivity contribution < 1.29 is 9.53 Å². The number of benzene rings is 1. The molecule has 2 rings (SSSR count). The Morgan fingerprint density at radius 3 is 2.78 bits per heavy atom. The molecule has 0 aliphatic rings. The summed E-state index contributed by atoms with van der Waals surface area (Å²) in [5, 5.41) is 0.524. The molecule has 0 aliphatic heterocycles. The average molecular weight is 264 g/mol. The van der Waals surface area contributed by atoms with Crippen LogP contribution in [0, 0.1) is 6.92 Å². The molecule has 1 aromatic heterocycles. The van der Waals surface area contributed by atoms with Crippen LogP contribution in [0.4, 0.5) is 0 Å². The van der Waals surface area contributed by atoms with E-state index in [4.69, 9.17) is 16.3 Å². The van der Waals surface area contributed by atoms with Crippen molar-refractivity contribution in [1.29, 1.82) is 0 Å². The molecular formula is C14H14ClNO2. The van der Waals surface area contributed by atoms with E-state index in [1.165, 1.54) is 0 Å². The first-order valence-electron chi connectivity index (χ1n) is 5.60. The summed E-state index contributed by atoms with van der Waals surface area (Å²) in [5.74, 6) is 0.471. The zero-order chi connectivity index (χ0) is 13.1. The quantitative estimate of drug-likeness (QED) is 0.793. The first-order chi connectivity index (χ1) is 8.56. The normalized spacial score (nSPS) is 10.4. The first-order valence-corrected chi connectivity index (χ1v) is 5.98. The second-order valence-corrected chi connectivity index (χ2v) is 4.62. The lowest BCUT2D eigenvalue weighted by molar-refractivity contribution is 0.0921. The van der Waals surface area contributed by atoms with Crippen LogP contribution in [0.1, 0.15) is 15.9 Å². The van der Waals surface area contributed by atoms with Gasteiger partial charge in [-0.2, -0.15) is 0 Å². The third-order valence-electron chi connectivity index (χ3n) is 2.60. The third-order valence-corrected chi connectivity index (χ3v) is 2.90. The molecule has 1 heterocycles. The predicted molar refractivity (Wildman–Crippen MR) is 71.4 cm³/mol. The van der Waals surface area contributed by atoms with Crippen LogP contribution in [0.15, 0.2) is 36.7 Å². The van der Waals surface area contributed by atoms with E-state index in [-0.39, 0.29) is 12.4 Å². The molecule has 0 spiro atoms. The number of nitrogens with zero attached hydrogens (tertiary/aromatic N) is 1. The van der Waals surface area contributed by atoms with Gasteiger partial charge in [0.15, 0.2) is 6.61 Å². The lowest BCUT2D eigenvalue weighted by Gasteiger charge is -2.07. The summed E-state index contributed by atoms with van der Waals surface area (Å²) in [6.45, 7) is 1.94. The molecule has 0 unspecified atom stereocenters. The van der Waals surface area contributed by atoms with E-state index in [1.54, 1.807) is 18.3 Å². The summed E-state index contributed by atoms with van der Waals surface area (Å²) in [6.07, 6.45) is 3.59. The van der Waals surface area contributed by atoms with E-state index in [1.807, 2.05) is 36.9 Å². The Morgan fingerprint density at radius 1 is 1.39 bits per heavy atom. The van der Waals surface area contributed by atoms with Crippen molar-refractivity contribution in [2.75, 3.05) is 6.61 Å². The minimum absolute atomic E-state index is 0.00715. The fourth-order valence-corrected chi connectivity index (χ4v) is 1.91. The summed E-state index contributed by atoms with van der Waals surface area (Å²) < 4.78 is 7.25. The molecule has 18 heavy (non-hydrogen) atoms. The van der Waals surface area contributed by atoms with Gasteiger partial charge in [0, 0.05) is 25.0 Å². The molecule has 0 saturated heterocycles. The van der Waals surface area contributed by atoms with Crippen LogP contribution in [-0.4, -0.2) is 17.0 Å². The highest BCUT2D eigenvalue weighted by molar-refractivity contribution is 6.32. The Morgan fingerprint density at radius 2 is 2.17 bits per heavy atom. The Balaban J connectivity index is 2.01. The minimum atomic E-state index is -0.0627. The van der Waals surface area contributed by atoms with Gasteiger partial charge in [0.1, 0.15) is 5.75 Å². The molecule has 0 atom stereocenters. The first kappa shape index (κ1) is 12.7. The maximum Gasteiger partial charge on any atom is 0.201 e. The van der Waals surface area contributed by atoms with Gasteiger partial charge in [0.05, 0.1) is 5.02 Å². The van der Waals surface area contributed by atoms with Crippen LogP contribution < -0.4 is 4.74 Å². The molecule has 0 aliphatic carbocycles. The van der Waals surface area contributed by atoms with Crippen LogP contribution in [0.5, 0.6) is 5.75 Å². The van der Waals surface area contributed by atoms with Crippen molar-refractivity contribution in [1.82, 2.24) is 4.57 Å². The van der Waals surface area contributed by atoms with E-state index in [0.717, 1.165) is 5.56 Å². The van der Waals surface area contributed by atoms with Crippen molar-refractivity contribution in [3.63, 3.8) is 0 Å². The van der Waals surface area contributed by atoms with Gasteiger partial charge in [0.25, 0.3) is 0 Å². The summed E-state index contributed by atoms with van der Waals surface area (Å²) >= 11 is 6.02. The smallest absolute Gasteiger partial charge is 0.201 e. The average Bonchev–Trinajstić information content (AvgIpc) is 2.74. The summed E-state index contributed by atoms with van der Waals surface area (Å²) in [5.41, 5.74) is 1.70. The van der Waals surface area contributed by atoms with Gasteiger partial charge in [-0.25, -0.2) is 0 Å². The highest BCUT2D eigenvalue weighted by Crippen LogP contribution is 2.25. The minimum Gasteiger partial charge on any atom is -0.484 e. The number of aromatic nitrogens is 1. The lowest BCUT2D eigenvalue weighted by Crippen LogP contribution is -2.11. The van der Waals surface area contributed by atoms with Gasteiger partial charge >= 0.3 is 0 Å². The second-order valence-electron chi connectivity index (χ2n) is 4.21. The van der Waals surface area contributed by atoms with Crippen LogP contribution in [0.2, 0.25) is 5.02 Å². The zero-order valence-electron chi connectivity index (χ0n) is 10.3. The highest BCUT2D eigenvalue weighted by Gasteiger charge is 2.09. The molecule has 3 nitrogen and oxygen atoms in total. The van der Waals surface area contributed by atoms with Crippen LogP contribution >= 0.6 is 11.6 Å². The molecule has 0 amide bonds. The number of ketones is 1. The second kappa shape index (κ2) is 5.27. The van der Waals surface area contributed by atoms with Crippen LogP contribution in [-0.2, 0) is 7.05 Å². The molecule has 0 N–H and O–H groups in total. The van der Waals surface area contributed by atoms with Crippen LogP contribution in [0.3, 0.4) is 0 Å². The molecule has 4 heteroatoms. The van der Waals surface area contributed by atoms with E-state index in [2.05, 4.69) is 0 Å². The van der Waals surface area contributed by atoms with Gasteiger partial charge in [-0.3, -0.25) is 4.79 Å². The molecule has 94 valence electrons. The molecule has 0 fully saturated rings. The third kappa shape index (κ3) is 2.93. The Hall–Kier alpha value is -1.74. The number of rotatable bonds is 4. The van der Waals surface area contributed by atoms with Crippen molar-refractivity contribution in [2.45, 2.75) is 6.92 Å². The topological polar surface area (TPSA) is 31.2 Å². The molecule has 2 aromatic rings. The van der Waals surface area contributed by atoms with Gasteiger partial charge in [0.2, 0.25) is 5.78 Å². The number of Topliss-reactive ketones (excluding diaryl/α,β-unsaturated/α-hetero) is 1. The van der Waals surface area contributed by atoms with Crippen molar-refractivity contribution in [2.24, 2.45) is 7.05 Å². The molecule has 0 radical (unpaired) electrons. The fourth-order valence-electron chi connectivity index (χ4n) is 1.62. The Bertz CT molecular complexity index is 575. The SMILES string of the molecule is Cc1ccc(OCC(=O)c2ccn(C)c2)c(Cl)c1. The molecule has 1 aromatic carbocycles. The van der Waals surface area contributed by atoms with E-state index in [9.17, 15) is 4.79 Å². The molecule has 0 bridgehead atoms. The van der Waals surface area contributed by atoms with Gasteiger partial charge < -0.3 is 9.30 Å². The number of hydrogen-bond acceptors (Lipinski definition) is 2. The number of carbonyl (C=O) groups excluding carboxylic acids is 1. The van der Waals surface area contributed by atoms with Crippen molar-refractivity contribution in [3.05, 3.63) is 52.8 Å². The van der Waals surface area contributed by atoms with E-state index < -0.39 is 0 Å². The van der Waals surface area contributed by atoms with Gasteiger partial charge in [-0.1, -0.05) is 17.7 Å². The largest absolute Gasteiger partial charge is 0.484 e. The summed E-state index contributed by atoms with van der Waals surface area (Å²) in [4.78, 5) is 11.8. The van der Waals surface area contributed by atoms with Crippen molar-refractivity contribution in [3.8, 4) is 5.75 Å². The fraction of sp³-hybridized carbons (Fsp3) is 0.214. The number of halogens is 1. The van der Waals surface area contributed by atoms with Gasteiger partial charge in [-0.05, 0) is 30.7 Å². The predicted octanol–water partition coefficient (Wildman–Crippen LogP) is 3.25. The highest BCUT2D eigenvalue weighted by atomic mass is 35.5. The maximum atomic E-state index is 11.8. The Kier molecular flexibility index (Phi) is 3.72. The summed E-state index contributed by atoms with van der Waals surface area (Å²) in [6, 6.07) is 7.25. The van der Waals surface area contributed by atoms with Crippen LogP contribution in [0.25, 0.3) is 0 Å². The van der Waals surface area contributed by atoms with Gasteiger partial charge in [-0.15, -0.1) is 0 Å². The molecule has 0 saturated carbocycles. The molecular weight excluding hydrogens is 250 g/mol. The number of ether oxygens (including phenoxy) is 1. The zero-order valence-corrected chi connectivity index (χ0v) is 11.1. The monoisotopic (exact) mass is 263 g/mol. The number of hydrogen-bond donors (Lipinski definition) is 0. The summed E-state index contributed by atoms with van der Waals surface area (Å²) in [7, 11) is 1.87. The van der Waals surface area contributed by atoms with E-state index >= 15 is 0 Å². The number of carbonyl (C=O) groups is 1. The standard InChI is InChI=1S/C14H14ClNO2/c1-10-3-4-14(12(15)7-10)18-9-13(17)11-5-6-16(2)8-11/h3-8H,9H2,1-2H3. The lowest BCUT2D eigenvalue weighted by atomic mass is 10.2. The van der Waals surface area contributed by atoms with Crippen molar-refractivity contribution >= 4 is 17.4 Å². The maximum absolute atomic E-state index is 11.8. The Labute approximate surface area is 111 Å². The van der Waals surface area contributed by atoms with E-state index in [0.29, 0.717) is 16.3 Å².